The fourth-order valence-corrected chi connectivity index (χ4v) is 2.59. The van der Waals surface area contributed by atoms with E-state index in [0.29, 0.717) is 11.3 Å². The van der Waals surface area contributed by atoms with Crippen molar-refractivity contribution >= 4 is 11.6 Å². The maximum absolute atomic E-state index is 12.3. The Morgan fingerprint density at radius 3 is 2.61 bits per heavy atom. The highest BCUT2D eigenvalue weighted by Gasteiger charge is 2.30. The van der Waals surface area contributed by atoms with Crippen molar-refractivity contribution in [3.05, 3.63) is 29.3 Å². The zero-order chi connectivity index (χ0) is 13.2. The first kappa shape index (κ1) is 12.9. The van der Waals surface area contributed by atoms with Crippen molar-refractivity contribution in [3.8, 4) is 0 Å². The van der Waals surface area contributed by atoms with Gasteiger partial charge in [-0.3, -0.25) is 10.6 Å². The molecule has 0 unspecified atom stereocenters. The highest BCUT2D eigenvalue weighted by atomic mass is 16.1. The smallest absolute Gasteiger partial charge is 0.253 e. The van der Waals surface area contributed by atoms with Gasteiger partial charge >= 0.3 is 0 Å². The molecule has 0 bridgehead atoms. The average molecular weight is 247 g/mol. The summed E-state index contributed by atoms with van der Waals surface area (Å²) in [5, 5.41) is 3.14. The molecule has 4 heteroatoms. The van der Waals surface area contributed by atoms with Gasteiger partial charge in [-0.1, -0.05) is 24.5 Å². The van der Waals surface area contributed by atoms with Crippen LogP contribution < -0.4 is 16.6 Å². The van der Waals surface area contributed by atoms with E-state index in [2.05, 4.69) is 17.7 Å². The molecule has 98 valence electrons. The van der Waals surface area contributed by atoms with Crippen LogP contribution in [0.2, 0.25) is 0 Å². The normalized spacial score (nSPS) is 17.5. The number of hydrogen-bond donors (Lipinski definition) is 3. The molecular formula is C14H21N3O. The van der Waals surface area contributed by atoms with Crippen LogP contribution >= 0.6 is 0 Å². The van der Waals surface area contributed by atoms with Crippen molar-refractivity contribution < 1.29 is 4.79 Å². The number of carbonyl (C=O) groups excluding carboxylic acids is 1. The maximum atomic E-state index is 12.3. The number of carbonyl (C=O) groups is 1. The number of benzene rings is 1. The lowest BCUT2D eigenvalue weighted by atomic mass is 9.99. The largest absolute Gasteiger partial charge is 0.347 e. The van der Waals surface area contributed by atoms with Gasteiger partial charge in [0.1, 0.15) is 0 Å². The molecular weight excluding hydrogens is 226 g/mol. The molecule has 1 fully saturated rings. The molecule has 1 aliphatic rings. The van der Waals surface area contributed by atoms with Crippen LogP contribution in [0.25, 0.3) is 0 Å². The average Bonchev–Trinajstić information content (AvgIpc) is 2.75. The molecule has 18 heavy (non-hydrogen) atoms. The number of amides is 1. The molecule has 0 aromatic heterocycles. The molecule has 1 amide bonds. The molecule has 0 heterocycles. The summed E-state index contributed by atoms with van der Waals surface area (Å²) in [5.74, 6) is 5.40. The molecule has 0 saturated heterocycles. The molecule has 0 atom stereocenters. The fourth-order valence-electron chi connectivity index (χ4n) is 2.59. The van der Waals surface area contributed by atoms with Crippen molar-refractivity contribution in [1.29, 1.82) is 0 Å². The first-order valence-electron chi connectivity index (χ1n) is 6.44. The van der Waals surface area contributed by atoms with Crippen LogP contribution in [0.5, 0.6) is 0 Å². The molecule has 2 rings (SSSR count). The van der Waals surface area contributed by atoms with Crippen LogP contribution in [0, 0.1) is 6.92 Å². The number of anilines is 1. The molecule has 1 aliphatic carbocycles. The number of rotatable bonds is 3. The summed E-state index contributed by atoms with van der Waals surface area (Å²) in [6, 6.07) is 5.63. The Bertz CT molecular complexity index is 450. The summed E-state index contributed by atoms with van der Waals surface area (Å²) < 4.78 is 0. The number of nitrogen functional groups attached to an aromatic ring is 1. The second-order valence-corrected chi connectivity index (χ2v) is 5.42. The van der Waals surface area contributed by atoms with Crippen LogP contribution in [0.3, 0.4) is 0 Å². The number of hydrogen-bond acceptors (Lipinski definition) is 3. The standard InChI is InChI=1S/C14H21N3O/c1-10-5-6-12(17-15)11(9-10)13(18)16-14(2)7-3-4-8-14/h5-6,9,17H,3-4,7-8,15H2,1-2H3,(H,16,18). The number of hydrazine groups is 1. The minimum atomic E-state index is -0.0628. The lowest BCUT2D eigenvalue weighted by molar-refractivity contribution is 0.0909. The summed E-state index contributed by atoms with van der Waals surface area (Å²) in [7, 11) is 0. The van der Waals surface area contributed by atoms with Crippen molar-refractivity contribution in [2.45, 2.75) is 45.1 Å². The molecule has 0 spiro atoms. The summed E-state index contributed by atoms with van der Waals surface area (Å²) in [5.41, 5.74) is 4.85. The Labute approximate surface area is 108 Å². The first-order chi connectivity index (χ1) is 8.54. The van der Waals surface area contributed by atoms with E-state index in [0.717, 1.165) is 18.4 Å². The van der Waals surface area contributed by atoms with Crippen LogP contribution in [-0.4, -0.2) is 11.4 Å². The van der Waals surface area contributed by atoms with E-state index in [1.54, 1.807) is 0 Å². The van der Waals surface area contributed by atoms with Crippen LogP contribution in [-0.2, 0) is 0 Å². The maximum Gasteiger partial charge on any atom is 0.253 e. The third kappa shape index (κ3) is 2.64. The predicted molar refractivity (Wildman–Crippen MR) is 73.3 cm³/mol. The summed E-state index contributed by atoms with van der Waals surface area (Å²) in [6.45, 7) is 4.08. The lowest BCUT2D eigenvalue weighted by Gasteiger charge is -2.26. The molecule has 0 aliphatic heterocycles. The SMILES string of the molecule is Cc1ccc(NN)c(C(=O)NC2(C)CCCC2)c1. The molecule has 1 saturated carbocycles. The van der Waals surface area contributed by atoms with Crippen LogP contribution in [0.15, 0.2) is 18.2 Å². The van der Waals surface area contributed by atoms with Gasteiger partial charge in [0.2, 0.25) is 0 Å². The number of nitrogens with one attached hydrogen (secondary N) is 2. The minimum Gasteiger partial charge on any atom is -0.347 e. The first-order valence-corrected chi connectivity index (χ1v) is 6.44. The summed E-state index contributed by atoms with van der Waals surface area (Å²) >= 11 is 0. The van der Waals surface area contributed by atoms with Crippen LogP contribution in [0.4, 0.5) is 5.69 Å². The van der Waals surface area contributed by atoms with Gasteiger partial charge in [-0.2, -0.15) is 0 Å². The van der Waals surface area contributed by atoms with E-state index in [4.69, 9.17) is 5.84 Å². The van der Waals surface area contributed by atoms with Crippen molar-refractivity contribution in [2.24, 2.45) is 5.84 Å². The summed E-state index contributed by atoms with van der Waals surface area (Å²) in [4.78, 5) is 12.3. The highest BCUT2D eigenvalue weighted by Crippen LogP contribution is 2.29. The Morgan fingerprint density at radius 2 is 2.00 bits per heavy atom. The fraction of sp³-hybridized carbons (Fsp3) is 0.500. The number of nitrogens with two attached hydrogens (primary N) is 1. The molecule has 1 aromatic rings. The second-order valence-electron chi connectivity index (χ2n) is 5.42. The molecule has 4 N–H and O–H groups in total. The van der Waals surface area contributed by atoms with Gasteiger partial charge in [0.15, 0.2) is 0 Å². The topological polar surface area (TPSA) is 67.1 Å². The number of aryl methyl sites for hydroxylation is 1. The van der Waals surface area contributed by atoms with E-state index < -0.39 is 0 Å². The highest BCUT2D eigenvalue weighted by molar-refractivity contribution is 6.00. The molecule has 1 aromatic carbocycles. The molecule has 0 radical (unpaired) electrons. The minimum absolute atomic E-state index is 0.0453. The van der Waals surface area contributed by atoms with Gasteiger partial charge < -0.3 is 10.7 Å². The summed E-state index contributed by atoms with van der Waals surface area (Å²) in [6.07, 6.45) is 4.48. The van der Waals surface area contributed by atoms with E-state index in [-0.39, 0.29) is 11.4 Å². The third-order valence-corrected chi connectivity index (χ3v) is 3.70. The second kappa shape index (κ2) is 4.98. The van der Waals surface area contributed by atoms with E-state index in [1.165, 1.54) is 12.8 Å². The van der Waals surface area contributed by atoms with Crippen molar-refractivity contribution in [3.63, 3.8) is 0 Å². The van der Waals surface area contributed by atoms with E-state index >= 15 is 0 Å². The van der Waals surface area contributed by atoms with Gasteiger partial charge in [0.25, 0.3) is 5.91 Å². The van der Waals surface area contributed by atoms with E-state index in [1.807, 2.05) is 25.1 Å². The Morgan fingerprint density at radius 1 is 1.33 bits per heavy atom. The Balaban J connectivity index is 2.20. The van der Waals surface area contributed by atoms with Crippen LogP contribution in [0.1, 0.15) is 48.5 Å². The quantitative estimate of drug-likeness (QED) is 0.567. The van der Waals surface area contributed by atoms with E-state index in [9.17, 15) is 4.79 Å². The van der Waals surface area contributed by atoms with Gasteiger partial charge in [-0.25, -0.2) is 0 Å². The van der Waals surface area contributed by atoms with Gasteiger partial charge in [0, 0.05) is 5.54 Å². The van der Waals surface area contributed by atoms with Crippen molar-refractivity contribution in [1.82, 2.24) is 5.32 Å². The Hall–Kier alpha value is -1.55. The predicted octanol–water partition coefficient (Wildman–Crippen LogP) is 2.34. The monoisotopic (exact) mass is 247 g/mol. The zero-order valence-corrected chi connectivity index (χ0v) is 11.0. The zero-order valence-electron chi connectivity index (χ0n) is 11.0. The Kier molecular flexibility index (Phi) is 3.57. The van der Waals surface area contributed by atoms with Crippen molar-refractivity contribution in [2.75, 3.05) is 5.43 Å². The molecule has 4 nitrogen and oxygen atoms in total. The third-order valence-electron chi connectivity index (χ3n) is 3.70. The lowest BCUT2D eigenvalue weighted by Crippen LogP contribution is -2.43. The van der Waals surface area contributed by atoms with Gasteiger partial charge in [0.05, 0.1) is 11.3 Å². The van der Waals surface area contributed by atoms with Gasteiger partial charge in [-0.15, -0.1) is 0 Å². The van der Waals surface area contributed by atoms with Gasteiger partial charge in [-0.05, 0) is 38.8 Å².